The van der Waals surface area contributed by atoms with E-state index in [1.165, 1.54) is 28.6 Å². The van der Waals surface area contributed by atoms with Gasteiger partial charge in [-0.15, -0.1) is 0 Å². The molecular weight excluding hydrogens is 312 g/mol. The number of hydrogen-bond acceptors (Lipinski definition) is 3. The average molecular weight is 331 g/mol. The molecule has 1 aliphatic heterocycles. The number of carbonyl (C=O) groups is 1. The molecule has 1 aromatic carbocycles. The van der Waals surface area contributed by atoms with E-state index in [4.69, 9.17) is 11.6 Å². The van der Waals surface area contributed by atoms with Gasteiger partial charge in [0.05, 0.1) is 4.90 Å². The van der Waals surface area contributed by atoms with Crippen LogP contribution in [0.5, 0.6) is 0 Å². The quantitative estimate of drug-likeness (QED) is 0.918. The average Bonchev–Trinajstić information content (AvgIpc) is 2.88. The highest BCUT2D eigenvalue weighted by Crippen LogP contribution is 2.27. The number of halogens is 1. The Morgan fingerprint density at radius 1 is 1.33 bits per heavy atom. The SMILES string of the molecule is CC(C)NC(=O)[C@@H]1CCCN1S(=O)(=O)c1ccc(Cl)cc1. The normalized spacial score (nSPS) is 19.9. The predicted octanol–water partition coefficient (Wildman–Crippen LogP) is 2.02. The first-order valence-corrected chi connectivity index (χ1v) is 8.72. The van der Waals surface area contributed by atoms with Gasteiger partial charge in [0.15, 0.2) is 0 Å². The number of carbonyl (C=O) groups excluding carboxylic acids is 1. The molecule has 1 heterocycles. The van der Waals surface area contributed by atoms with E-state index in [0.29, 0.717) is 24.4 Å². The van der Waals surface area contributed by atoms with Gasteiger partial charge in [0, 0.05) is 17.6 Å². The Morgan fingerprint density at radius 2 is 1.95 bits per heavy atom. The van der Waals surface area contributed by atoms with Gasteiger partial charge in [-0.1, -0.05) is 11.6 Å². The van der Waals surface area contributed by atoms with Crippen molar-refractivity contribution in [3.05, 3.63) is 29.3 Å². The van der Waals surface area contributed by atoms with Crippen molar-refractivity contribution in [2.24, 2.45) is 0 Å². The molecule has 1 atom stereocenters. The fraction of sp³-hybridized carbons (Fsp3) is 0.500. The van der Waals surface area contributed by atoms with Crippen molar-refractivity contribution in [1.29, 1.82) is 0 Å². The second-order valence-electron chi connectivity index (χ2n) is 5.39. The number of nitrogens with zero attached hydrogens (tertiary/aromatic N) is 1. The van der Waals surface area contributed by atoms with Crippen LogP contribution in [0.25, 0.3) is 0 Å². The Hall–Kier alpha value is -1.11. The molecule has 1 fully saturated rings. The van der Waals surface area contributed by atoms with Crippen LogP contribution in [0.15, 0.2) is 29.2 Å². The highest BCUT2D eigenvalue weighted by molar-refractivity contribution is 7.89. The van der Waals surface area contributed by atoms with Gasteiger partial charge in [-0.25, -0.2) is 8.42 Å². The molecule has 21 heavy (non-hydrogen) atoms. The van der Waals surface area contributed by atoms with E-state index in [0.717, 1.165) is 0 Å². The summed E-state index contributed by atoms with van der Waals surface area (Å²) in [7, 11) is -3.67. The van der Waals surface area contributed by atoms with Crippen LogP contribution in [0.1, 0.15) is 26.7 Å². The fourth-order valence-corrected chi connectivity index (χ4v) is 4.19. The van der Waals surface area contributed by atoms with Crippen molar-refractivity contribution in [1.82, 2.24) is 9.62 Å². The zero-order valence-electron chi connectivity index (χ0n) is 12.0. The van der Waals surface area contributed by atoms with Crippen molar-refractivity contribution in [3.63, 3.8) is 0 Å². The minimum absolute atomic E-state index is 0.0156. The summed E-state index contributed by atoms with van der Waals surface area (Å²) in [5.41, 5.74) is 0. The predicted molar refractivity (Wildman–Crippen MR) is 81.6 cm³/mol. The molecule has 0 bridgehead atoms. The maximum absolute atomic E-state index is 12.6. The Labute approximate surface area is 130 Å². The van der Waals surface area contributed by atoms with E-state index in [2.05, 4.69) is 5.32 Å². The summed E-state index contributed by atoms with van der Waals surface area (Å²) in [5, 5.41) is 3.26. The first kappa shape index (κ1) is 16.3. The lowest BCUT2D eigenvalue weighted by Gasteiger charge is -2.24. The van der Waals surface area contributed by atoms with E-state index in [1.807, 2.05) is 13.8 Å². The summed E-state index contributed by atoms with van der Waals surface area (Å²) in [6.45, 7) is 4.07. The number of amides is 1. The van der Waals surface area contributed by atoms with Crippen LogP contribution in [0.3, 0.4) is 0 Å². The van der Waals surface area contributed by atoms with E-state index >= 15 is 0 Å². The first-order chi connectivity index (χ1) is 9.82. The topological polar surface area (TPSA) is 66.5 Å². The van der Waals surface area contributed by atoms with Gasteiger partial charge in [0.1, 0.15) is 6.04 Å². The number of benzene rings is 1. The molecule has 1 amide bonds. The third-order valence-corrected chi connectivity index (χ3v) is 5.53. The maximum Gasteiger partial charge on any atom is 0.243 e. The second-order valence-corrected chi connectivity index (χ2v) is 7.72. The van der Waals surface area contributed by atoms with Crippen LogP contribution in [-0.4, -0.2) is 37.3 Å². The lowest BCUT2D eigenvalue weighted by molar-refractivity contribution is -0.124. The van der Waals surface area contributed by atoms with Crippen molar-refractivity contribution in [2.75, 3.05) is 6.54 Å². The van der Waals surface area contributed by atoms with Gasteiger partial charge in [0.2, 0.25) is 15.9 Å². The van der Waals surface area contributed by atoms with E-state index in [1.54, 1.807) is 0 Å². The molecule has 0 aromatic heterocycles. The standard InChI is InChI=1S/C14H19ClN2O3S/c1-10(2)16-14(18)13-4-3-9-17(13)21(19,20)12-7-5-11(15)6-8-12/h5-8,10,13H,3-4,9H2,1-2H3,(H,16,18)/t13-/m0/s1. The van der Waals surface area contributed by atoms with E-state index < -0.39 is 16.1 Å². The smallest absolute Gasteiger partial charge is 0.243 e. The maximum atomic E-state index is 12.6. The molecule has 5 nitrogen and oxygen atoms in total. The summed E-state index contributed by atoms with van der Waals surface area (Å²) in [6, 6.07) is 5.36. The molecule has 2 rings (SSSR count). The van der Waals surface area contributed by atoms with Gasteiger partial charge in [-0.05, 0) is 51.0 Å². The second kappa shape index (κ2) is 6.34. The van der Waals surface area contributed by atoms with Crippen LogP contribution >= 0.6 is 11.6 Å². The lowest BCUT2D eigenvalue weighted by Crippen LogP contribution is -2.47. The molecule has 116 valence electrons. The number of nitrogens with one attached hydrogen (secondary N) is 1. The van der Waals surface area contributed by atoms with Crippen molar-refractivity contribution < 1.29 is 13.2 Å². The summed E-state index contributed by atoms with van der Waals surface area (Å²) in [4.78, 5) is 12.3. The van der Waals surface area contributed by atoms with Gasteiger partial charge < -0.3 is 5.32 Å². The third-order valence-electron chi connectivity index (χ3n) is 3.36. The van der Waals surface area contributed by atoms with Crippen molar-refractivity contribution in [2.45, 2.75) is 43.7 Å². The minimum atomic E-state index is -3.67. The first-order valence-electron chi connectivity index (χ1n) is 6.90. The van der Waals surface area contributed by atoms with Gasteiger partial charge in [0.25, 0.3) is 0 Å². The summed E-state index contributed by atoms with van der Waals surface area (Å²) >= 11 is 5.79. The van der Waals surface area contributed by atoms with Gasteiger partial charge in [-0.3, -0.25) is 4.79 Å². The van der Waals surface area contributed by atoms with Crippen molar-refractivity contribution >= 4 is 27.5 Å². The van der Waals surface area contributed by atoms with Crippen LogP contribution in [0, 0.1) is 0 Å². The number of rotatable bonds is 4. The van der Waals surface area contributed by atoms with Crippen molar-refractivity contribution in [3.8, 4) is 0 Å². The molecule has 0 saturated carbocycles. The van der Waals surface area contributed by atoms with Crippen LogP contribution in [0.4, 0.5) is 0 Å². The number of hydrogen-bond donors (Lipinski definition) is 1. The molecule has 1 aromatic rings. The molecule has 1 aliphatic rings. The molecule has 0 spiro atoms. The highest BCUT2D eigenvalue weighted by Gasteiger charge is 2.39. The highest BCUT2D eigenvalue weighted by atomic mass is 35.5. The molecule has 1 N–H and O–H groups in total. The largest absolute Gasteiger partial charge is 0.353 e. The Morgan fingerprint density at radius 3 is 2.52 bits per heavy atom. The molecular formula is C14H19ClN2O3S. The summed E-state index contributed by atoms with van der Waals surface area (Å²) in [6.07, 6.45) is 1.23. The zero-order valence-corrected chi connectivity index (χ0v) is 13.6. The summed E-state index contributed by atoms with van der Waals surface area (Å²) < 4.78 is 26.6. The van der Waals surface area contributed by atoms with Crippen LogP contribution in [0.2, 0.25) is 5.02 Å². The molecule has 0 unspecified atom stereocenters. The van der Waals surface area contributed by atoms with Gasteiger partial charge in [-0.2, -0.15) is 4.31 Å². The Kier molecular flexibility index (Phi) is 4.91. The Balaban J connectivity index is 2.26. The monoisotopic (exact) mass is 330 g/mol. The molecule has 0 aliphatic carbocycles. The fourth-order valence-electron chi connectivity index (χ4n) is 2.41. The molecule has 1 saturated heterocycles. The van der Waals surface area contributed by atoms with E-state index in [-0.39, 0.29) is 16.8 Å². The molecule has 0 radical (unpaired) electrons. The lowest BCUT2D eigenvalue weighted by atomic mass is 10.2. The molecule has 7 heteroatoms. The Bertz CT molecular complexity index is 614. The zero-order chi connectivity index (χ0) is 15.6. The summed E-state index contributed by atoms with van der Waals surface area (Å²) in [5.74, 6) is -0.236. The van der Waals surface area contributed by atoms with Crippen LogP contribution in [-0.2, 0) is 14.8 Å². The van der Waals surface area contributed by atoms with Gasteiger partial charge >= 0.3 is 0 Å². The minimum Gasteiger partial charge on any atom is -0.353 e. The van der Waals surface area contributed by atoms with Crippen LogP contribution < -0.4 is 5.32 Å². The number of sulfonamides is 1. The van der Waals surface area contributed by atoms with E-state index in [9.17, 15) is 13.2 Å². The third kappa shape index (κ3) is 3.56.